The Morgan fingerprint density at radius 3 is 2.62 bits per heavy atom. The highest BCUT2D eigenvalue weighted by Crippen LogP contribution is 2.34. The van der Waals surface area contributed by atoms with E-state index in [1.165, 1.54) is 5.56 Å². The molecule has 4 aromatic heterocycles. The number of rotatable bonds is 2. The number of aryl methyl sites for hydroxylation is 3. The van der Waals surface area contributed by atoms with Crippen LogP contribution in [0.25, 0.3) is 50.0 Å². The van der Waals surface area contributed by atoms with E-state index in [1.807, 2.05) is 36.7 Å². The summed E-state index contributed by atoms with van der Waals surface area (Å²) in [4.78, 5) is 25.3. The first kappa shape index (κ1) is 19.1. The second-order valence-corrected chi connectivity index (χ2v) is 8.90. The highest BCUT2D eigenvalue weighted by Gasteiger charge is 2.19. The molecular weight excluding hydrogens is 468 g/mol. The topological polar surface area (TPSA) is 73.4 Å². The number of fused-ring (bicyclic) bond motifs is 3. The van der Waals surface area contributed by atoms with Gasteiger partial charge in [-0.15, -0.1) is 0 Å². The number of aromatic amines is 1. The van der Waals surface area contributed by atoms with Gasteiger partial charge in [-0.3, -0.25) is 13.7 Å². The normalized spacial score (nSPS) is 11.9. The van der Waals surface area contributed by atoms with Crippen LogP contribution in [0.15, 0.2) is 64.3 Å². The SMILES string of the molecule is Cc1ccc2c(-c3nc4cc(Br)ncc4n3-c3ccc4c(c3)n(C)c(=O)n4C)c[nH]c2c1. The highest BCUT2D eigenvalue weighted by atomic mass is 79.9. The monoisotopic (exact) mass is 486 g/mol. The number of hydrogen-bond donors (Lipinski definition) is 1. The van der Waals surface area contributed by atoms with Crippen molar-refractivity contribution >= 4 is 48.9 Å². The molecule has 0 amide bonds. The summed E-state index contributed by atoms with van der Waals surface area (Å²) in [6.45, 7) is 2.08. The Hall–Kier alpha value is -3.65. The van der Waals surface area contributed by atoms with E-state index in [1.54, 1.807) is 23.2 Å². The smallest absolute Gasteiger partial charge is 0.328 e. The number of halogens is 1. The molecule has 158 valence electrons. The van der Waals surface area contributed by atoms with E-state index in [-0.39, 0.29) is 5.69 Å². The van der Waals surface area contributed by atoms with Crippen LogP contribution >= 0.6 is 15.9 Å². The summed E-state index contributed by atoms with van der Waals surface area (Å²) in [5.41, 5.74) is 7.62. The van der Waals surface area contributed by atoms with Crippen molar-refractivity contribution in [1.82, 2.24) is 28.7 Å². The van der Waals surface area contributed by atoms with Crippen molar-refractivity contribution in [2.24, 2.45) is 14.1 Å². The molecule has 0 saturated carbocycles. The van der Waals surface area contributed by atoms with Crippen molar-refractivity contribution in [2.45, 2.75) is 6.92 Å². The molecule has 6 rings (SSSR count). The average molecular weight is 487 g/mol. The zero-order valence-corrected chi connectivity index (χ0v) is 19.3. The third-order valence-corrected chi connectivity index (χ3v) is 6.53. The van der Waals surface area contributed by atoms with Gasteiger partial charge in [0, 0.05) is 42.4 Å². The minimum Gasteiger partial charge on any atom is -0.360 e. The van der Waals surface area contributed by atoms with E-state index in [4.69, 9.17) is 4.98 Å². The van der Waals surface area contributed by atoms with Gasteiger partial charge in [-0.25, -0.2) is 14.8 Å². The maximum atomic E-state index is 12.5. The maximum absolute atomic E-state index is 12.5. The Balaban J connectivity index is 1.70. The fraction of sp³-hybridized carbons (Fsp3) is 0.125. The molecule has 0 saturated heterocycles. The predicted molar refractivity (Wildman–Crippen MR) is 130 cm³/mol. The van der Waals surface area contributed by atoms with Gasteiger partial charge in [-0.05, 0) is 58.7 Å². The van der Waals surface area contributed by atoms with E-state index >= 15 is 0 Å². The number of H-pyrrole nitrogens is 1. The summed E-state index contributed by atoms with van der Waals surface area (Å²) < 4.78 is 6.17. The standard InChI is InChI=1S/C24H19BrN6O/c1-13-4-6-15-16(11-26-17(15)8-13)23-28-18-10-22(25)27-12-21(18)31(23)14-5-7-19-20(9-14)30(3)24(32)29(19)2/h4-12,26H,1-3H3. The number of hydrogen-bond acceptors (Lipinski definition) is 3. The molecule has 0 bridgehead atoms. The van der Waals surface area contributed by atoms with Crippen molar-refractivity contribution in [2.75, 3.05) is 0 Å². The highest BCUT2D eigenvalue weighted by molar-refractivity contribution is 9.10. The lowest BCUT2D eigenvalue weighted by Gasteiger charge is -2.10. The zero-order valence-electron chi connectivity index (χ0n) is 17.7. The second-order valence-electron chi connectivity index (χ2n) is 8.09. The summed E-state index contributed by atoms with van der Waals surface area (Å²) in [5, 5.41) is 1.10. The summed E-state index contributed by atoms with van der Waals surface area (Å²) in [6.07, 6.45) is 3.82. The minimum absolute atomic E-state index is 0.0505. The molecule has 2 aromatic carbocycles. The average Bonchev–Trinajstić information content (AvgIpc) is 3.42. The third-order valence-electron chi connectivity index (χ3n) is 6.10. The van der Waals surface area contributed by atoms with Gasteiger partial charge in [0.1, 0.15) is 10.4 Å². The number of nitrogens with zero attached hydrogens (tertiary/aromatic N) is 5. The van der Waals surface area contributed by atoms with Gasteiger partial charge in [0.05, 0.1) is 28.3 Å². The van der Waals surface area contributed by atoms with Gasteiger partial charge >= 0.3 is 5.69 Å². The van der Waals surface area contributed by atoms with E-state index in [0.29, 0.717) is 0 Å². The summed E-state index contributed by atoms with van der Waals surface area (Å²) >= 11 is 3.46. The van der Waals surface area contributed by atoms with Gasteiger partial charge in [-0.2, -0.15) is 0 Å². The number of aromatic nitrogens is 6. The lowest BCUT2D eigenvalue weighted by Crippen LogP contribution is -2.19. The first-order chi connectivity index (χ1) is 15.4. The van der Waals surface area contributed by atoms with E-state index in [9.17, 15) is 4.79 Å². The first-order valence-corrected chi connectivity index (χ1v) is 11.0. The van der Waals surface area contributed by atoms with Crippen LogP contribution in [-0.2, 0) is 14.1 Å². The molecule has 0 aliphatic rings. The lowest BCUT2D eigenvalue weighted by molar-refractivity contribution is 0.795. The largest absolute Gasteiger partial charge is 0.360 e. The molecular formula is C24H19BrN6O. The van der Waals surface area contributed by atoms with Crippen LogP contribution in [0.2, 0.25) is 0 Å². The molecule has 0 aliphatic heterocycles. The Kier molecular flexibility index (Phi) is 3.98. The third kappa shape index (κ3) is 2.62. The quantitative estimate of drug-likeness (QED) is 0.356. The first-order valence-electron chi connectivity index (χ1n) is 10.2. The molecule has 6 aromatic rings. The summed E-state index contributed by atoms with van der Waals surface area (Å²) in [6, 6.07) is 14.3. The fourth-order valence-corrected chi connectivity index (χ4v) is 4.77. The molecule has 0 aliphatic carbocycles. The predicted octanol–water partition coefficient (Wildman–Crippen LogP) is 4.83. The number of pyridine rings is 1. The molecule has 0 fully saturated rings. The Bertz CT molecular complexity index is 1750. The number of benzene rings is 2. The van der Waals surface area contributed by atoms with Crippen LogP contribution in [0.4, 0.5) is 0 Å². The van der Waals surface area contributed by atoms with Crippen molar-refractivity contribution in [3.8, 4) is 17.1 Å². The lowest BCUT2D eigenvalue weighted by atomic mass is 10.1. The van der Waals surface area contributed by atoms with Crippen molar-refractivity contribution in [3.05, 3.63) is 75.5 Å². The molecule has 0 radical (unpaired) electrons. The summed E-state index contributed by atoms with van der Waals surface area (Å²) in [7, 11) is 3.58. The number of imidazole rings is 2. The molecule has 32 heavy (non-hydrogen) atoms. The van der Waals surface area contributed by atoms with Crippen LogP contribution in [0, 0.1) is 6.92 Å². The van der Waals surface area contributed by atoms with E-state index < -0.39 is 0 Å². The van der Waals surface area contributed by atoms with Gasteiger partial charge in [0.2, 0.25) is 0 Å². The van der Waals surface area contributed by atoms with Gasteiger partial charge in [0.25, 0.3) is 0 Å². The van der Waals surface area contributed by atoms with Crippen LogP contribution in [-0.4, -0.2) is 28.7 Å². The second kappa shape index (κ2) is 6.67. The van der Waals surface area contributed by atoms with Crippen LogP contribution in [0.3, 0.4) is 0 Å². The van der Waals surface area contributed by atoms with Gasteiger partial charge in [0.15, 0.2) is 0 Å². The molecule has 0 unspecified atom stereocenters. The van der Waals surface area contributed by atoms with Crippen molar-refractivity contribution in [3.63, 3.8) is 0 Å². The van der Waals surface area contributed by atoms with Crippen LogP contribution < -0.4 is 5.69 Å². The molecule has 7 nitrogen and oxygen atoms in total. The molecule has 0 spiro atoms. The van der Waals surface area contributed by atoms with Gasteiger partial charge in [-0.1, -0.05) is 12.1 Å². The zero-order chi connectivity index (χ0) is 22.1. The molecule has 4 heterocycles. The van der Waals surface area contributed by atoms with Crippen LogP contribution in [0.1, 0.15) is 5.56 Å². The van der Waals surface area contributed by atoms with E-state index in [0.717, 1.165) is 54.6 Å². The van der Waals surface area contributed by atoms with Crippen molar-refractivity contribution < 1.29 is 0 Å². The maximum Gasteiger partial charge on any atom is 0.328 e. The van der Waals surface area contributed by atoms with Crippen LogP contribution in [0.5, 0.6) is 0 Å². The van der Waals surface area contributed by atoms with Gasteiger partial charge < -0.3 is 4.98 Å². The van der Waals surface area contributed by atoms with E-state index in [2.05, 4.69) is 55.6 Å². The molecule has 1 N–H and O–H groups in total. The molecule has 0 atom stereocenters. The Morgan fingerprint density at radius 2 is 1.78 bits per heavy atom. The number of nitrogens with one attached hydrogen (secondary N) is 1. The fourth-order valence-electron chi connectivity index (χ4n) is 4.45. The minimum atomic E-state index is -0.0505. The Labute approximate surface area is 191 Å². The molecule has 8 heteroatoms. The Morgan fingerprint density at radius 1 is 0.969 bits per heavy atom. The van der Waals surface area contributed by atoms with Crippen molar-refractivity contribution in [1.29, 1.82) is 0 Å². The summed E-state index contributed by atoms with van der Waals surface area (Å²) in [5.74, 6) is 0.815.